The van der Waals surface area contributed by atoms with E-state index in [1.54, 1.807) is 30.6 Å². The van der Waals surface area contributed by atoms with Crippen LogP contribution >= 0.6 is 0 Å². The Morgan fingerprint density at radius 3 is 2.68 bits per heavy atom. The molecule has 3 rings (SSSR count). The van der Waals surface area contributed by atoms with Crippen molar-refractivity contribution in [2.24, 2.45) is 0 Å². The van der Waals surface area contributed by atoms with E-state index < -0.39 is 0 Å². The van der Waals surface area contributed by atoms with Crippen LogP contribution < -0.4 is 5.73 Å². The number of anilines is 1. The average Bonchev–Trinajstić information content (AvgIpc) is 3.07. The predicted molar refractivity (Wildman–Crippen MR) is 66.0 cm³/mol. The summed E-state index contributed by atoms with van der Waals surface area (Å²) in [5.41, 5.74) is 6.52. The minimum absolute atomic E-state index is 0.181. The number of nitrogens with zero attached hydrogens (tertiary/aromatic N) is 5. The number of hydrogen-bond donors (Lipinski definition) is 1. The van der Waals surface area contributed by atoms with Crippen LogP contribution in [0.4, 0.5) is 5.82 Å². The molecule has 0 amide bonds. The Morgan fingerprint density at radius 2 is 2.05 bits per heavy atom. The molecular weight excluding hydrogens is 244 g/mol. The van der Waals surface area contributed by atoms with Crippen LogP contribution in [0.15, 0.2) is 41.3 Å². The van der Waals surface area contributed by atoms with Gasteiger partial charge in [-0.1, -0.05) is 0 Å². The maximum Gasteiger partial charge on any atom is 0.252 e. The molecule has 7 nitrogen and oxygen atoms in total. The molecule has 0 saturated heterocycles. The summed E-state index contributed by atoms with van der Waals surface area (Å²) >= 11 is 0. The van der Waals surface area contributed by atoms with Crippen LogP contribution in [0.1, 0.15) is 5.56 Å². The minimum Gasteiger partial charge on any atom is -0.463 e. The summed E-state index contributed by atoms with van der Waals surface area (Å²) in [6.07, 6.45) is 4.65. The highest BCUT2D eigenvalue weighted by atomic mass is 16.3. The molecule has 19 heavy (non-hydrogen) atoms. The Labute approximate surface area is 107 Å². The third-order valence-corrected chi connectivity index (χ3v) is 2.53. The molecule has 3 aromatic heterocycles. The lowest BCUT2D eigenvalue weighted by Gasteiger charge is -1.99. The lowest BCUT2D eigenvalue weighted by Crippen LogP contribution is -2.06. The number of nitrogens with two attached hydrogens (primary N) is 1. The van der Waals surface area contributed by atoms with Gasteiger partial charge in [0.15, 0.2) is 5.76 Å². The van der Waals surface area contributed by atoms with Gasteiger partial charge in [-0.2, -0.15) is 15.0 Å². The molecule has 0 radical (unpaired) electrons. The summed E-state index contributed by atoms with van der Waals surface area (Å²) in [6, 6.07) is 7.12. The SMILES string of the molecule is N#Cc1c(-c2ccco2)nn(-c2ncccn2)c1N. The molecule has 7 heteroatoms. The van der Waals surface area contributed by atoms with Crippen LogP contribution in [0.5, 0.6) is 0 Å². The normalized spacial score (nSPS) is 10.3. The Kier molecular flexibility index (Phi) is 2.47. The van der Waals surface area contributed by atoms with Crippen LogP contribution in [0.3, 0.4) is 0 Å². The predicted octanol–water partition coefficient (Wildman–Crippen LogP) is 1.38. The number of aromatic nitrogens is 4. The van der Waals surface area contributed by atoms with E-state index in [0.717, 1.165) is 0 Å². The fourth-order valence-electron chi connectivity index (χ4n) is 1.68. The molecule has 0 unspecified atom stereocenters. The number of nitriles is 1. The Hall–Kier alpha value is -3.14. The Bertz CT molecular complexity index is 739. The van der Waals surface area contributed by atoms with Crippen molar-refractivity contribution in [2.75, 3.05) is 5.73 Å². The maximum atomic E-state index is 9.19. The third-order valence-electron chi connectivity index (χ3n) is 2.53. The maximum absolute atomic E-state index is 9.19. The zero-order valence-corrected chi connectivity index (χ0v) is 9.69. The lowest BCUT2D eigenvalue weighted by atomic mass is 10.2. The second-order valence-electron chi connectivity index (χ2n) is 3.66. The summed E-state index contributed by atoms with van der Waals surface area (Å²) < 4.78 is 6.56. The summed E-state index contributed by atoms with van der Waals surface area (Å²) in [6.45, 7) is 0. The first-order valence-corrected chi connectivity index (χ1v) is 5.41. The van der Waals surface area contributed by atoms with Crippen molar-refractivity contribution in [3.8, 4) is 23.5 Å². The summed E-state index contributed by atoms with van der Waals surface area (Å²) in [5.74, 6) is 0.951. The quantitative estimate of drug-likeness (QED) is 0.738. The van der Waals surface area contributed by atoms with Crippen molar-refractivity contribution in [1.82, 2.24) is 19.7 Å². The molecule has 2 N–H and O–H groups in total. The van der Waals surface area contributed by atoms with Gasteiger partial charge in [0.2, 0.25) is 0 Å². The van der Waals surface area contributed by atoms with Crippen LogP contribution in [0, 0.1) is 11.3 Å². The van der Waals surface area contributed by atoms with E-state index in [0.29, 0.717) is 17.4 Å². The standard InChI is InChI=1S/C12H8N6O/c13-7-8-10(9-3-1-6-19-9)17-18(11(8)14)12-15-4-2-5-16-12/h1-6H,14H2. The van der Waals surface area contributed by atoms with E-state index in [-0.39, 0.29) is 11.4 Å². The van der Waals surface area contributed by atoms with Gasteiger partial charge in [-0.15, -0.1) is 0 Å². The number of furan rings is 1. The zero-order valence-electron chi connectivity index (χ0n) is 9.69. The molecular formula is C12H8N6O. The summed E-state index contributed by atoms with van der Waals surface area (Å²) in [7, 11) is 0. The molecule has 0 fully saturated rings. The molecule has 3 heterocycles. The summed E-state index contributed by atoms with van der Waals surface area (Å²) in [5, 5.41) is 13.4. The largest absolute Gasteiger partial charge is 0.463 e. The van der Waals surface area contributed by atoms with Crippen molar-refractivity contribution in [1.29, 1.82) is 5.26 Å². The van der Waals surface area contributed by atoms with Gasteiger partial charge in [0.25, 0.3) is 5.95 Å². The van der Waals surface area contributed by atoms with E-state index in [2.05, 4.69) is 15.1 Å². The second kappa shape index (κ2) is 4.27. The van der Waals surface area contributed by atoms with Gasteiger partial charge in [0.05, 0.1) is 6.26 Å². The van der Waals surface area contributed by atoms with Gasteiger partial charge in [0, 0.05) is 12.4 Å². The first kappa shape index (κ1) is 11.0. The number of rotatable bonds is 2. The number of hydrogen-bond acceptors (Lipinski definition) is 6. The van der Waals surface area contributed by atoms with Crippen LogP contribution in [0.2, 0.25) is 0 Å². The first-order chi connectivity index (χ1) is 9.31. The van der Waals surface area contributed by atoms with Crippen LogP contribution in [-0.2, 0) is 0 Å². The zero-order chi connectivity index (χ0) is 13.2. The average molecular weight is 252 g/mol. The van der Waals surface area contributed by atoms with Crippen molar-refractivity contribution < 1.29 is 4.42 Å². The van der Waals surface area contributed by atoms with Gasteiger partial charge < -0.3 is 10.2 Å². The molecule has 3 aromatic rings. The van der Waals surface area contributed by atoms with Crippen LogP contribution in [-0.4, -0.2) is 19.7 Å². The van der Waals surface area contributed by atoms with Gasteiger partial charge >= 0.3 is 0 Å². The van der Waals surface area contributed by atoms with E-state index in [1.807, 2.05) is 6.07 Å². The van der Waals surface area contributed by atoms with Crippen molar-refractivity contribution in [2.45, 2.75) is 0 Å². The first-order valence-electron chi connectivity index (χ1n) is 5.41. The molecule has 92 valence electrons. The molecule has 0 spiro atoms. The van der Waals surface area contributed by atoms with Gasteiger partial charge in [-0.3, -0.25) is 0 Å². The lowest BCUT2D eigenvalue weighted by molar-refractivity contribution is 0.578. The molecule has 0 atom stereocenters. The highest BCUT2D eigenvalue weighted by Crippen LogP contribution is 2.27. The molecule has 0 aliphatic heterocycles. The van der Waals surface area contributed by atoms with E-state index in [1.165, 1.54) is 10.9 Å². The Morgan fingerprint density at radius 1 is 1.26 bits per heavy atom. The van der Waals surface area contributed by atoms with Crippen molar-refractivity contribution in [3.05, 3.63) is 42.4 Å². The smallest absolute Gasteiger partial charge is 0.252 e. The van der Waals surface area contributed by atoms with Gasteiger partial charge in [-0.05, 0) is 18.2 Å². The van der Waals surface area contributed by atoms with Crippen molar-refractivity contribution >= 4 is 5.82 Å². The van der Waals surface area contributed by atoms with Gasteiger partial charge in [0.1, 0.15) is 23.1 Å². The highest BCUT2D eigenvalue weighted by molar-refractivity contribution is 5.70. The van der Waals surface area contributed by atoms with Crippen molar-refractivity contribution in [3.63, 3.8) is 0 Å². The highest BCUT2D eigenvalue weighted by Gasteiger charge is 2.20. The fourth-order valence-corrected chi connectivity index (χ4v) is 1.68. The topological polar surface area (TPSA) is 107 Å². The fraction of sp³-hybridized carbons (Fsp3) is 0. The minimum atomic E-state index is 0.181. The summed E-state index contributed by atoms with van der Waals surface area (Å²) in [4.78, 5) is 8.10. The second-order valence-corrected chi connectivity index (χ2v) is 3.66. The molecule has 0 aliphatic carbocycles. The number of nitrogen functional groups attached to an aromatic ring is 1. The van der Waals surface area contributed by atoms with E-state index in [9.17, 15) is 5.26 Å². The molecule has 0 aromatic carbocycles. The van der Waals surface area contributed by atoms with Crippen LogP contribution in [0.25, 0.3) is 17.4 Å². The Balaban J connectivity index is 2.22. The molecule has 0 bridgehead atoms. The monoisotopic (exact) mass is 252 g/mol. The van der Waals surface area contributed by atoms with Gasteiger partial charge in [-0.25, -0.2) is 9.97 Å². The van der Waals surface area contributed by atoms with E-state index >= 15 is 0 Å². The molecule has 0 aliphatic rings. The third kappa shape index (κ3) is 1.71. The molecule has 0 saturated carbocycles. The van der Waals surface area contributed by atoms with E-state index in [4.69, 9.17) is 10.2 Å².